The summed E-state index contributed by atoms with van der Waals surface area (Å²) in [5.74, 6) is 1.02. The lowest BCUT2D eigenvalue weighted by Crippen LogP contribution is -2.29. The van der Waals surface area contributed by atoms with Crippen LogP contribution in [0.25, 0.3) is 84.1 Å². The molecule has 2 aliphatic rings. The van der Waals surface area contributed by atoms with Gasteiger partial charge in [-0.15, -0.1) is 0 Å². The molecule has 0 spiro atoms. The zero-order valence-corrected chi connectivity index (χ0v) is 35.4. The largest absolute Gasteiger partial charge is 0.313 e. The molecule has 4 nitrogen and oxygen atoms in total. The van der Waals surface area contributed by atoms with Gasteiger partial charge in [0, 0.05) is 67.0 Å². The third-order valence-electron chi connectivity index (χ3n) is 13.8. The number of fused-ring (bicyclic) bond motifs is 9. The Hall–Kier alpha value is -8.08. The first-order chi connectivity index (χ1) is 31.7. The van der Waals surface area contributed by atoms with Crippen LogP contribution in [0, 0.1) is 0 Å². The first-order valence-corrected chi connectivity index (χ1v) is 22.3. The molecular weight excluding hydrogens is 777 g/mol. The normalized spacial score (nSPS) is 14.8. The molecule has 2 aliphatic carbocycles. The number of benzene rings is 8. The van der Waals surface area contributed by atoms with E-state index in [0.717, 1.165) is 62.5 Å². The van der Waals surface area contributed by atoms with Crippen molar-refractivity contribution in [3.63, 3.8) is 0 Å². The van der Waals surface area contributed by atoms with Crippen LogP contribution in [0.2, 0.25) is 0 Å². The van der Waals surface area contributed by atoms with Crippen LogP contribution in [0.4, 0.5) is 0 Å². The second-order valence-corrected chi connectivity index (χ2v) is 17.3. The standard InChI is InChI=1S/C60H42N4/c1-39-20-19-31-49-48-29-14-18-35-54(48)64(58(39)49)45-37-41(36-44(38-45)63-52-33-16-12-27-46(52)47-28-13-17-34-53(47)63)56-55-57(62-59(61-56)40-21-5-2-6-22-40)50-30-11-15-32-51(50)60(55,42-23-7-3-8-24-42)43-25-9-4-10-26-43/h2-19,21-39H,20H2,1H3. The number of hydrogen-bond donors (Lipinski definition) is 0. The molecule has 0 radical (unpaired) electrons. The van der Waals surface area contributed by atoms with Gasteiger partial charge in [0.15, 0.2) is 5.82 Å². The van der Waals surface area contributed by atoms with Gasteiger partial charge in [0.2, 0.25) is 0 Å². The number of hydrogen-bond acceptors (Lipinski definition) is 2. The highest BCUT2D eigenvalue weighted by Gasteiger charge is 2.49. The smallest absolute Gasteiger partial charge is 0.160 e. The van der Waals surface area contributed by atoms with Gasteiger partial charge in [-0.1, -0.05) is 189 Å². The van der Waals surface area contributed by atoms with Gasteiger partial charge in [-0.05, 0) is 59.5 Å². The minimum absolute atomic E-state index is 0.319. The third-order valence-corrected chi connectivity index (χ3v) is 13.8. The molecule has 1 atom stereocenters. The Morgan fingerprint density at radius 3 is 1.66 bits per heavy atom. The van der Waals surface area contributed by atoms with Crippen molar-refractivity contribution in [2.45, 2.75) is 24.7 Å². The summed E-state index contributed by atoms with van der Waals surface area (Å²) in [4.78, 5) is 11.4. The molecule has 3 heterocycles. The maximum absolute atomic E-state index is 5.81. The molecule has 13 rings (SSSR count). The van der Waals surface area contributed by atoms with Crippen molar-refractivity contribution in [2.24, 2.45) is 0 Å². The summed E-state index contributed by atoms with van der Waals surface area (Å²) in [6.45, 7) is 2.37. The molecule has 0 saturated heterocycles. The summed E-state index contributed by atoms with van der Waals surface area (Å²) < 4.78 is 4.99. The van der Waals surface area contributed by atoms with Crippen molar-refractivity contribution >= 4 is 38.8 Å². The third kappa shape index (κ3) is 5.23. The fourth-order valence-electron chi connectivity index (χ4n) is 11.1. The molecule has 3 aromatic heterocycles. The van der Waals surface area contributed by atoms with Gasteiger partial charge in [-0.2, -0.15) is 0 Å². The second kappa shape index (κ2) is 14.2. The summed E-state index contributed by atoms with van der Waals surface area (Å²) in [5, 5.41) is 3.72. The van der Waals surface area contributed by atoms with E-state index in [1.54, 1.807) is 0 Å². The van der Waals surface area contributed by atoms with Crippen LogP contribution in [0.15, 0.2) is 212 Å². The fraction of sp³-hybridized carbons (Fsp3) is 0.0667. The quantitative estimate of drug-likeness (QED) is 0.168. The summed E-state index contributed by atoms with van der Waals surface area (Å²) in [5.41, 5.74) is 17.3. The summed E-state index contributed by atoms with van der Waals surface area (Å²) >= 11 is 0. The SMILES string of the molecule is CC1CC=Cc2c1n(-c1cc(-c3nc(-c4ccccc4)nc4c3C(c3ccccc3)(c3ccccc3)c3ccccc3-4)cc(-n3c4ccccc4c4ccccc43)c1)c1ccccc21. The number of rotatable bonds is 6. The van der Waals surface area contributed by atoms with E-state index in [0.29, 0.717) is 11.7 Å². The van der Waals surface area contributed by atoms with Crippen molar-refractivity contribution in [1.82, 2.24) is 19.1 Å². The molecule has 0 fully saturated rings. The molecule has 302 valence electrons. The van der Waals surface area contributed by atoms with Crippen LogP contribution in [0.1, 0.15) is 52.8 Å². The van der Waals surface area contributed by atoms with Gasteiger partial charge >= 0.3 is 0 Å². The van der Waals surface area contributed by atoms with Crippen LogP contribution in [-0.4, -0.2) is 19.1 Å². The predicted molar refractivity (Wildman–Crippen MR) is 263 cm³/mol. The van der Waals surface area contributed by atoms with Gasteiger partial charge < -0.3 is 9.13 Å². The van der Waals surface area contributed by atoms with Gasteiger partial charge in [0.05, 0.1) is 33.4 Å². The lowest BCUT2D eigenvalue weighted by Gasteiger charge is -2.34. The molecular formula is C60H42N4. The lowest BCUT2D eigenvalue weighted by molar-refractivity contribution is 0.723. The van der Waals surface area contributed by atoms with Crippen molar-refractivity contribution in [2.75, 3.05) is 0 Å². The Balaban J connectivity index is 1.22. The molecule has 4 heteroatoms. The van der Waals surface area contributed by atoms with Crippen molar-refractivity contribution < 1.29 is 0 Å². The first-order valence-electron chi connectivity index (χ1n) is 22.3. The summed E-state index contributed by atoms with van der Waals surface area (Å²) in [7, 11) is 0. The maximum Gasteiger partial charge on any atom is 0.160 e. The van der Waals surface area contributed by atoms with Gasteiger partial charge in [-0.3, -0.25) is 0 Å². The minimum Gasteiger partial charge on any atom is -0.313 e. The van der Waals surface area contributed by atoms with Crippen LogP contribution in [0.3, 0.4) is 0 Å². The Labute approximate surface area is 372 Å². The van der Waals surface area contributed by atoms with E-state index in [4.69, 9.17) is 9.97 Å². The zero-order chi connectivity index (χ0) is 42.4. The Kier molecular flexibility index (Phi) is 8.13. The molecule has 8 aromatic carbocycles. The van der Waals surface area contributed by atoms with E-state index in [2.05, 4.69) is 234 Å². The average Bonchev–Trinajstić information content (AvgIpc) is 4.00. The predicted octanol–water partition coefficient (Wildman–Crippen LogP) is 14.7. The molecule has 0 N–H and O–H groups in total. The van der Waals surface area contributed by atoms with Gasteiger partial charge in [0.1, 0.15) is 0 Å². The molecule has 64 heavy (non-hydrogen) atoms. The lowest BCUT2D eigenvalue weighted by atomic mass is 9.67. The number of allylic oxidation sites excluding steroid dienone is 1. The topological polar surface area (TPSA) is 35.6 Å². The number of nitrogens with zero attached hydrogens (tertiary/aromatic N) is 4. The highest BCUT2D eigenvalue weighted by Crippen LogP contribution is 2.58. The monoisotopic (exact) mass is 818 g/mol. The van der Waals surface area contributed by atoms with E-state index in [1.165, 1.54) is 49.6 Å². The van der Waals surface area contributed by atoms with Crippen molar-refractivity contribution in [1.29, 1.82) is 0 Å². The molecule has 0 amide bonds. The zero-order valence-electron chi connectivity index (χ0n) is 35.4. The van der Waals surface area contributed by atoms with E-state index in [-0.39, 0.29) is 0 Å². The van der Waals surface area contributed by atoms with E-state index in [1.807, 2.05) is 0 Å². The summed E-state index contributed by atoms with van der Waals surface area (Å²) in [6.07, 6.45) is 5.65. The van der Waals surface area contributed by atoms with Crippen LogP contribution in [0.5, 0.6) is 0 Å². The van der Waals surface area contributed by atoms with Crippen LogP contribution < -0.4 is 0 Å². The number of aromatic nitrogens is 4. The van der Waals surface area contributed by atoms with E-state index in [9.17, 15) is 0 Å². The Bertz CT molecular complexity index is 3560. The van der Waals surface area contributed by atoms with Crippen molar-refractivity contribution in [3.05, 3.63) is 246 Å². The molecule has 0 aliphatic heterocycles. The second-order valence-electron chi connectivity index (χ2n) is 17.3. The van der Waals surface area contributed by atoms with Gasteiger partial charge in [-0.25, -0.2) is 9.97 Å². The Morgan fingerprint density at radius 1 is 0.484 bits per heavy atom. The number of para-hydroxylation sites is 3. The molecule has 0 bridgehead atoms. The molecule has 11 aromatic rings. The highest BCUT2D eigenvalue weighted by atomic mass is 15.0. The highest BCUT2D eigenvalue weighted by molar-refractivity contribution is 6.09. The first kappa shape index (κ1) is 36.6. The van der Waals surface area contributed by atoms with E-state index < -0.39 is 5.41 Å². The average molecular weight is 819 g/mol. The van der Waals surface area contributed by atoms with Crippen molar-refractivity contribution in [3.8, 4) is 45.3 Å². The minimum atomic E-state index is -0.722. The van der Waals surface area contributed by atoms with Gasteiger partial charge in [0.25, 0.3) is 0 Å². The molecule has 1 unspecified atom stereocenters. The summed E-state index contributed by atoms with van der Waals surface area (Å²) in [6, 6.07) is 75.0. The van der Waals surface area contributed by atoms with Crippen LogP contribution in [-0.2, 0) is 5.41 Å². The van der Waals surface area contributed by atoms with E-state index >= 15 is 0 Å². The Morgan fingerprint density at radius 2 is 1.00 bits per heavy atom. The maximum atomic E-state index is 5.81. The van der Waals surface area contributed by atoms with Crippen LogP contribution >= 0.6 is 0 Å². The molecule has 0 saturated carbocycles. The fourth-order valence-corrected chi connectivity index (χ4v) is 11.1.